The van der Waals surface area contributed by atoms with Gasteiger partial charge in [0.15, 0.2) is 0 Å². The van der Waals surface area contributed by atoms with Crippen LogP contribution in [0.1, 0.15) is 22.3 Å². The Labute approximate surface area is 109 Å². The molecule has 1 aromatic rings. The highest BCUT2D eigenvalue weighted by Gasteiger charge is 2.16. The number of rotatable bonds is 7. The van der Waals surface area contributed by atoms with Gasteiger partial charge in [0, 0.05) is 22.9 Å². The second kappa shape index (κ2) is 6.97. The number of thioether (sulfide) groups is 1. The number of benzene rings is 1. The van der Waals surface area contributed by atoms with Gasteiger partial charge in [-0.1, -0.05) is 6.07 Å². The van der Waals surface area contributed by atoms with E-state index in [4.69, 9.17) is 11.5 Å². The van der Waals surface area contributed by atoms with E-state index in [-0.39, 0.29) is 11.3 Å². The minimum Gasteiger partial charge on any atom is -0.366 e. The molecule has 0 aliphatic carbocycles. The molecule has 1 aromatic carbocycles. The molecule has 0 radical (unpaired) electrons. The largest absolute Gasteiger partial charge is 0.366 e. The molecule has 7 heteroatoms. The number of nitrogens with two attached hydrogens (primary N) is 2. The maximum atomic E-state index is 11.0. The molecule has 1 rings (SSSR count). The SMILES string of the molecule is NCCCSCc1ccc(C(N)=O)cc1[N+](=O)[O-]. The molecule has 6 nitrogen and oxygen atoms in total. The Morgan fingerprint density at radius 1 is 1.44 bits per heavy atom. The highest BCUT2D eigenvalue weighted by atomic mass is 32.2. The summed E-state index contributed by atoms with van der Waals surface area (Å²) in [5, 5.41) is 10.9. The van der Waals surface area contributed by atoms with Crippen molar-refractivity contribution in [3.05, 3.63) is 39.4 Å². The fourth-order valence-corrected chi connectivity index (χ4v) is 2.36. The Bertz CT molecular complexity index is 451. The van der Waals surface area contributed by atoms with Gasteiger partial charge in [0.2, 0.25) is 5.91 Å². The lowest BCUT2D eigenvalue weighted by Gasteiger charge is -2.04. The number of nitro benzene ring substituents is 1. The maximum Gasteiger partial charge on any atom is 0.274 e. The Hall–Kier alpha value is -1.60. The lowest BCUT2D eigenvalue weighted by molar-refractivity contribution is -0.385. The average Bonchev–Trinajstić information content (AvgIpc) is 2.34. The standard InChI is InChI=1S/C11H15N3O3S/c12-4-1-5-18-7-9-3-2-8(11(13)15)6-10(9)14(16)17/h2-3,6H,1,4-5,7,12H2,(H2,13,15). The molecule has 0 heterocycles. The Kier molecular flexibility index (Phi) is 5.60. The van der Waals surface area contributed by atoms with Gasteiger partial charge in [-0.2, -0.15) is 11.8 Å². The molecule has 4 N–H and O–H groups in total. The van der Waals surface area contributed by atoms with Crippen LogP contribution in [0.25, 0.3) is 0 Å². The number of hydrogen-bond acceptors (Lipinski definition) is 5. The first kappa shape index (κ1) is 14.5. The van der Waals surface area contributed by atoms with Gasteiger partial charge in [0.05, 0.1) is 4.92 Å². The van der Waals surface area contributed by atoms with Crippen molar-refractivity contribution >= 4 is 23.4 Å². The molecule has 98 valence electrons. The zero-order valence-corrected chi connectivity index (χ0v) is 10.6. The van der Waals surface area contributed by atoms with Crippen LogP contribution in [0.3, 0.4) is 0 Å². The van der Waals surface area contributed by atoms with Crippen molar-refractivity contribution in [1.29, 1.82) is 0 Å². The minimum absolute atomic E-state index is 0.0634. The number of carbonyl (C=O) groups excluding carboxylic acids is 1. The lowest BCUT2D eigenvalue weighted by atomic mass is 10.1. The molecule has 0 aromatic heterocycles. The summed E-state index contributed by atoms with van der Waals surface area (Å²) in [6.07, 6.45) is 0.873. The third kappa shape index (κ3) is 4.01. The highest BCUT2D eigenvalue weighted by Crippen LogP contribution is 2.24. The first-order valence-corrected chi connectivity index (χ1v) is 6.56. The minimum atomic E-state index is -0.666. The van der Waals surface area contributed by atoms with Crippen molar-refractivity contribution < 1.29 is 9.72 Å². The van der Waals surface area contributed by atoms with E-state index in [0.29, 0.717) is 17.9 Å². The quantitative estimate of drug-likeness (QED) is 0.440. The van der Waals surface area contributed by atoms with Crippen LogP contribution >= 0.6 is 11.8 Å². The molecule has 0 spiro atoms. The number of nitrogens with zero attached hydrogens (tertiary/aromatic N) is 1. The van der Waals surface area contributed by atoms with Crippen LogP contribution in [0, 0.1) is 10.1 Å². The van der Waals surface area contributed by atoms with Gasteiger partial charge < -0.3 is 11.5 Å². The molecule has 0 aliphatic heterocycles. The fraction of sp³-hybridized carbons (Fsp3) is 0.364. The number of nitro groups is 1. The summed E-state index contributed by atoms with van der Waals surface area (Å²) < 4.78 is 0. The Morgan fingerprint density at radius 2 is 2.17 bits per heavy atom. The smallest absolute Gasteiger partial charge is 0.274 e. The molecule has 0 atom stereocenters. The van der Waals surface area contributed by atoms with E-state index in [2.05, 4.69) is 0 Å². The van der Waals surface area contributed by atoms with E-state index in [1.165, 1.54) is 12.1 Å². The number of amides is 1. The van der Waals surface area contributed by atoms with Crippen LogP contribution in [-0.2, 0) is 5.75 Å². The van der Waals surface area contributed by atoms with Crippen molar-refractivity contribution in [2.75, 3.05) is 12.3 Å². The van der Waals surface area contributed by atoms with Crippen LogP contribution in [0.5, 0.6) is 0 Å². The molecule has 0 fully saturated rings. The summed E-state index contributed by atoms with van der Waals surface area (Å²) in [5.41, 5.74) is 11.1. The summed E-state index contributed by atoms with van der Waals surface area (Å²) in [6.45, 7) is 0.607. The summed E-state index contributed by atoms with van der Waals surface area (Å²) in [5.74, 6) is 0.709. The van der Waals surface area contributed by atoms with Crippen LogP contribution in [0.4, 0.5) is 5.69 Å². The first-order valence-electron chi connectivity index (χ1n) is 5.41. The Balaban J connectivity index is 2.83. The van der Waals surface area contributed by atoms with Gasteiger partial charge in [-0.25, -0.2) is 0 Å². The summed E-state index contributed by atoms with van der Waals surface area (Å²) in [7, 11) is 0. The lowest BCUT2D eigenvalue weighted by Crippen LogP contribution is -2.11. The van der Waals surface area contributed by atoms with Crippen molar-refractivity contribution in [3.63, 3.8) is 0 Å². The second-order valence-electron chi connectivity index (χ2n) is 3.66. The molecule has 18 heavy (non-hydrogen) atoms. The van der Waals surface area contributed by atoms with Gasteiger partial charge in [-0.15, -0.1) is 0 Å². The van der Waals surface area contributed by atoms with Gasteiger partial charge in [0.1, 0.15) is 0 Å². The highest BCUT2D eigenvalue weighted by molar-refractivity contribution is 7.98. The maximum absolute atomic E-state index is 11.0. The first-order chi connectivity index (χ1) is 8.56. The molecule has 0 aliphatic rings. The monoisotopic (exact) mass is 269 g/mol. The predicted molar refractivity (Wildman–Crippen MR) is 71.4 cm³/mol. The normalized spacial score (nSPS) is 10.3. The van der Waals surface area contributed by atoms with Gasteiger partial charge in [-0.05, 0) is 24.8 Å². The molecule has 0 unspecified atom stereocenters. The molecule has 0 saturated heterocycles. The van der Waals surface area contributed by atoms with E-state index < -0.39 is 10.8 Å². The topological polar surface area (TPSA) is 112 Å². The van der Waals surface area contributed by atoms with E-state index in [9.17, 15) is 14.9 Å². The van der Waals surface area contributed by atoms with Crippen molar-refractivity contribution in [2.45, 2.75) is 12.2 Å². The van der Waals surface area contributed by atoms with E-state index in [1.807, 2.05) is 0 Å². The second-order valence-corrected chi connectivity index (χ2v) is 4.76. The molecular formula is C11H15N3O3S. The predicted octanol–water partition coefficient (Wildman–Crippen LogP) is 1.28. The van der Waals surface area contributed by atoms with Crippen LogP contribution in [0.2, 0.25) is 0 Å². The summed E-state index contributed by atoms with van der Waals surface area (Å²) >= 11 is 1.58. The molecule has 1 amide bonds. The van der Waals surface area contributed by atoms with Crippen molar-refractivity contribution in [1.82, 2.24) is 0 Å². The van der Waals surface area contributed by atoms with Gasteiger partial charge in [0.25, 0.3) is 5.69 Å². The van der Waals surface area contributed by atoms with E-state index >= 15 is 0 Å². The van der Waals surface area contributed by atoms with E-state index in [1.54, 1.807) is 17.8 Å². The zero-order chi connectivity index (χ0) is 13.5. The number of hydrogen-bond donors (Lipinski definition) is 2. The summed E-state index contributed by atoms with van der Waals surface area (Å²) in [4.78, 5) is 21.4. The average molecular weight is 269 g/mol. The fourth-order valence-electron chi connectivity index (χ4n) is 1.38. The zero-order valence-electron chi connectivity index (χ0n) is 9.80. The van der Waals surface area contributed by atoms with Crippen molar-refractivity contribution in [3.8, 4) is 0 Å². The molecular weight excluding hydrogens is 254 g/mol. The van der Waals surface area contributed by atoms with Crippen LogP contribution < -0.4 is 11.5 Å². The Morgan fingerprint density at radius 3 is 2.72 bits per heavy atom. The van der Waals surface area contributed by atoms with E-state index in [0.717, 1.165) is 12.2 Å². The van der Waals surface area contributed by atoms with Crippen LogP contribution in [0.15, 0.2) is 18.2 Å². The molecule has 0 saturated carbocycles. The third-order valence-electron chi connectivity index (χ3n) is 2.32. The summed E-state index contributed by atoms with van der Waals surface area (Å²) in [6, 6.07) is 4.31. The van der Waals surface area contributed by atoms with Crippen molar-refractivity contribution in [2.24, 2.45) is 11.5 Å². The van der Waals surface area contributed by atoms with Crippen LogP contribution in [-0.4, -0.2) is 23.1 Å². The van der Waals surface area contributed by atoms with Gasteiger partial charge >= 0.3 is 0 Å². The third-order valence-corrected chi connectivity index (χ3v) is 3.41. The molecule has 0 bridgehead atoms. The number of carbonyl (C=O) groups is 1. The van der Waals surface area contributed by atoms with Gasteiger partial charge in [-0.3, -0.25) is 14.9 Å². The number of primary amides is 1.